The van der Waals surface area contributed by atoms with Crippen LogP contribution in [0.2, 0.25) is 5.02 Å². The van der Waals surface area contributed by atoms with Crippen LogP contribution < -0.4 is 21.5 Å². The number of nitrogens with one attached hydrogen (secondary N) is 1. The second kappa shape index (κ2) is 8.53. The molecule has 2 rings (SSSR count). The molecule has 134 valence electrons. The van der Waals surface area contributed by atoms with Gasteiger partial charge in [-0.3, -0.25) is 9.69 Å². The van der Waals surface area contributed by atoms with Gasteiger partial charge in [0.25, 0.3) is 5.91 Å². The topological polar surface area (TPSA) is 103 Å². The first-order valence-electron chi connectivity index (χ1n) is 7.89. The molecule has 0 aliphatic carbocycles. The third-order valence-electron chi connectivity index (χ3n) is 4.27. The van der Waals surface area contributed by atoms with Gasteiger partial charge in [-0.15, -0.1) is 0 Å². The van der Waals surface area contributed by atoms with Crippen molar-refractivity contribution in [3.05, 3.63) is 22.7 Å². The van der Waals surface area contributed by atoms with Crippen LogP contribution in [0.3, 0.4) is 0 Å². The van der Waals surface area contributed by atoms with Gasteiger partial charge in [0.15, 0.2) is 0 Å². The van der Waals surface area contributed by atoms with Crippen molar-refractivity contribution < 1.29 is 14.3 Å². The molecule has 1 aromatic carbocycles. The Bertz CT molecular complexity index is 585. The molecule has 1 amide bonds. The molecule has 0 bridgehead atoms. The number of nitrogens with zero attached hydrogens (tertiary/aromatic N) is 1. The molecule has 0 spiro atoms. The molecule has 0 aromatic heterocycles. The second-order valence-electron chi connectivity index (χ2n) is 5.81. The third-order valence-corrected chi connectivity index (χ3v) is 4.60. The van der Waals surface area contributed by atoms with Gasteiger partial charge in [-0.1, -0.05) is 11.6 Å². The first kappa shape index (κ1) is 18.8. The van der Waals surface area contributed by atoms with Crippen molar-refractivity contribution in [1.82, 2.24) is 10.2 Å². The van der Waals surface area contributed by atoms with Gasteiger partial charge in [0.05, 0.1) is 35.5 Å². The number of methoxy groups -OCH3 is 2. The predicted molar refractivity (Wildman–Crippen MR) is 94.6 cm³/mol. The lowest BCUT2D eigenvalue weighted by Crippen LogP contribution is -2.55. The number of piperidine rings is 1. The largest absolute Gasteiger partial charge is 0.496 e. The van der Waals surface area contributed by atoms with Gasteiger partial charge in [-0.05, 0) is 12.5 Å². The van der Waals surface area contributed by atoms with Crippen LogP contribution in [-0.2, 0) is 4.74 Å². The van der Waals surface area contributed by atoms with E-state index in [1.165, 1.54) is 13.2 Å². The SMILES string of the molecule is COc1cc(N)c(Cl)cc1C(=O)N[C@@H]1CCN(CCN)C[C@@H]1OC. The lowest BCUT2D eigenvalue weighted by atomic mass is 10.0. The number of amides is 1. The smallest absolute Gasteiger partial charge is 0.255 e. The molecule has 1 saturated heterocycles. The van der Waals surface area contributed by atoms with Crippen molar-refractivity contribution in [2.45, 2.75) is 18.6 Å². The zero-order valence-electron chi connectivity index (χ0n) is 14.0. The highest BCUT2D eigenvalue weighted by atomic mass is 35.5. The van der Waals surface area contributed by atoms with Gasteiger partial charge in [0.2, 0.25) is 0 Å². The maximum Gasteiger partial charge on any atom is 0.255 e. The van der Waals surface area contributed by atoms with Gasteiger partial charge in [0.1, 0.15) is 5.75 Å². The summed E-state index contributed by atoms with van der Waals surface area (Å²) in [5.41, 5.74) is 12.1. The van der Waals surface area contributed by atoms with E-state index in [9.17, 15) is 4.79 Å². The highest BCUT2D eigenvalue weighted by Crippen LogP contribution is 2.29. The summed E-state index contributed by atoms with van der Waals surface area (Å²) in [4.78, 5) is 14.9. The molecule has 0 radical (unpaired) electrons. The maximum absolute atomic E-state index is 12.6. The van der Waals surface area contributed by atoms with E-state index >= 15 is 0 Å². The minimum absolute atomic E-state index is 0.0856. The van der Waals surface area contributed by atoms with E-state index in [4.69, 9.17) is 32.5 Å². The van der Waals surface area contributed by atoms with E-state index in [-0.39, 0.29) is 18.1 Å². The number of nitrogen functional groups attached to an aromatic ring is 1. The summed E-state index contributed by atoms with van der Waals surface area (Å²) in [6.45, 7) is 3.02. The summed E-state index contributed by atoms with van der Waals surface area (Å²) in [6, 6.07) is 2.99. The summed E-state index contributed by atoms with van der Waals surface area (Å²) >= 11 is 6.04. The minimum Gasteiger partial charge on any atom is -0.496 e. The fourth-order valence-electron chi connectivity index (χ4n) is 2.93. The zero-order valence-corrected chi connectivity index (χ0v) is 14.8. The Kier molecular flexibility index (Phi) is 6.68. The number of likely N-dealkylation sites (tertiary alicyclic amines) is 1. The van der Waals surface area contributed by atoms with E-state index in [1.807, 2.05) is 0 Å². The number of carbonyl (C=O) groups excluding carboxylic acids is 1. The number of nitrogens with two attached hydrogens (primary N) is 2. The quantitative estimate of drug-likeness (QED) is 0.649. The van der Waals surface area contributed by atoms with E-state index in [1.54, 1.807) is 13.2 Å². The number of hydrogen-bond donors (Lipinski definition) is 3. The number of carbonyl (C=O) groups is 1. The van der Waals surface area contributed by atoms with Crippen LogP contribution >= 0.6 is 11.6 Å². The summed E-state index contributed by atoms with van der Waals surface area (Å²) < 4.78 is 10.8. The normalized spacial score (nSPS) is 21.5. The molecular formula is C16H25ClN4O3. The summed E-state index contributed by atoms with van der Waals surface area (Å²) in [6.07, 6.45) is 0.694. The lowest BCUT2D eigenvalue weighted by molar-refractivity contribution is 0.00735. The molecule has 0 saturated carbocycles. The van der Waals surface area contributed by atoms with Gasteiger partial charge in [-0.25, -0.2) is 0 Å². The third kappa shape index (κ3) is 4.30. The van der Waals surface area contributed by atoms with Crippen LogP contribution in [0, 0.1) is 0 Å². The molecular weight excluding hydrogens is 332 g/mol. The average molecular weight is 357 g/mol. The number of benzene rings is 1. The maximum atomic E-state index is 12.6. The van der Waals surface area contributed by atoms with Crippen LogP contribution in [0.5, 0.6) is 5.75 Å². The number of halogens is 1. The fraction of sp³-hybridized carbons (Fsp3) is 0.562. The standard InChI is InChI=1S/C16H25ClN4O3/c1-23-14-8-12(19)11(17)7-10(14)16(22)20-13-3-5-21(6-4-18)9-15(13)24-2/h7-8,13,15H,3-6,9,18-19H2,1-2H3,(H,20,22)/t13-,15+/m1/s1. The molecule has 5 N–H and O–H groups in total. The molecule has 1 aromatic rings. The van der Waals surface area contributed by atoms with Crippen molar-refractivity contribution in [3.8, 4) is 5.75 Å². The highest BCUT2D eigenvalue weighted by Gasteiger charge is 2.31. The summed E-state index contributed by atoms with van der Waals surface area (Å²) in [5.74, 6) is 0.136. The molecule has 8 heteroatoms. The zero-order chi connectivity index (χ0) is 17.7. The Morgan fingerprint density at radius 3 is 2.83 bits per heavy atom. The Hall–Kier alpha value is -1.54. The molecule has 24 heavy (non-hydrogen) atoms. The fourth-order valence-corrected chi connectivity index (χ4v) is 3.10. The molecule has 1 fully saturated rings. The molecule has 1 heterocycles. The summed E-state index contributed by atoms with van der Waals surface area (Å²) in [5, 5.41) is 3.34. The minimum atomic E-state index is -0.256. The first-order valence-corrected chi connectivity index (χ1v) is 8.27. The van der Waals surface area contributed by atoms with Crippen LogP contribution in [0.1, 0.15) is 16.8 Å². The van der Waals surface area contributed by atoms with Crippen LogP contribution in [0.4, 0.5) is 5.69 Å². The number of rotatable bonds is 6. The van der Waals surface area contributed by atoms with E-state index < -0.39 is 0 Å². The van der Waals surface area contributed by atoms with E-state index in [0.717, 1.165) is 26.1 Å². The van der Waals surface area contributed by atoms with Crippen LogP contribution in [0.15, 0.2) is 12.1 Å². The summed E-state index contributed by atoms with van der Waals surface area (Å²) in [7, 11) is 3.14. The van der Waals surface area contributed by atoms with Gasteiger partial charge < -0.3 is 26.3 Å². The van der Waals surface area contributed by atoms with Crippen LogP contribution in [0.25, 0.3) is 0 Å². The lowest BCUT2D eigenvalue weighted by Gasteiger charge is -2.38. The van der Waals surface area contributed by atoms with Crippen molar-refractivity contribution in [3.63, 3.8) is 0 Å². The van der Waals surface area contributed by atoms with Crippen molar-refractivity contribution >= 4 is 23.2 Å². The monoisotopic (exact) mass is 356 g/mol. The van der Waals surface area contributed by atoms with Crippen molar-refractivity contribution in [1.29, 1.82) is 0 Å². The van der Waals surface area contributed by atoms with Crippen molar-refractivity contribution in [2.75, 3.05) is 46.1 Å². The Balaban J connectivity index is 2.10. The number of hydrogen-bond acceptors (Lipinski definition) is 6. The van der Waals surface area contributed by atoms with Gasteiger partial charge in [0, 0.05) is 39.4 Å². The highest BCUT2D eigenvalue weighted by molar-refractivity contribution is 6.33. The van der Waals surface area contributed by atoms with Crippen molar-refractivity contribution in [2.24, 2.45) is 5.73 Å². The molecule has 1 aliphatic heterocycles. The molecule has 2 atom stereocenters. The molecule has 1 aliphatic rings. The Morgan fingerprint density at radius 1 is 1.46 bits per heavy atom. The number of anilines is 1. The van der Waals surface area contributed by atoms with Crippen LogP contribution in [-0.4, -0.2) is 63.4 Å². The molecule has 7 nitrogen and oxygen atoms in total. The van der Waals surface area contributed by atoms with Gasteiger partial charge in [-0.2, -0.15) is 0 Å². The molecule has 0 unspecified atom stereocenters. The Labute approximate surface area is 147 Å². The Morgan fingerprint density at radius 2 is 2.21 bits per heavy atom. The van der Waals surface area contributed by atoms with Gasteiger partial charge >= 0.3 is 0 Å². The van der Waals surface area contributed by atoms with E-state index in [2.05, 4.69) is 10.2 Å². The second-order valence-corrected chi connectivity index (χ2v) is 6.21. The predicted octanol–water partition coefficient (Wildman–Crippen LogP) is 0.709. The van der Waals surface area contributed by atoms with E-state index in [0.29, 0.717) is 28.6 Å². The number of ether oxygens (including phenoxy) is 2. The first-order chi connectivity index (χ1) is 11.5. The average Bonchev–Trinajstić information content (AvgIpc) is 2.58.